The van der Waals surface area contributed by atoms with Gasteiger partial charge in [-0.1, -0.05) is 28.4 Å². The number of benzene rings is 1. The number of nitrogens with zero attached hydrogens (tertiary/aromatic N) is 1. The van der Waals surface area contributed by atoms with E-state index in [4.69, 9.17) is 32.8 Å². The Bertz CT molecular complexity index is 1050. The number of hydrogen-bond acceptors (Lipinski definition) is 5. The number of hydrogen-bond donors (Lipinski definition) is 0. The fourth-order valence-electron chi connectivity index (χ4n) is 5.07. The summed E-state index contributed by atoms with van der Waals surface area (Å²) in [5.74, 6) is 0.722. The van der Waals surface area contributed by atoms with Crippen LogP contribution in [0.4, 0.5) is 0 Å². The molecule has 0 spiro atoms. The average Bonchev–Trinajstić information content (AvgIpc) is 3.36. The molecule has 3 aliphatic rings. The summed E-state index contributed by atoms with van der Waals surface area (Å²) in [5.41, 5.74) is 3.79. The van der Waals surface area contributed by atoms with Gasteiger partial charge in [0.15, 0.2) is 11.4 Å². The molecule has 2 aromatic rings. The van der Waals surface area contributed by atoms with Crippen LogP contribution in [0.15, 0.2) is 23.4 Å². The number of carbonyl (C=O) groups is 1. The molecule has 4 nitrogen and oxygen atoms in total. The summed E-state index contributed by atoms with van der Waals surface area (Å²) < 4.78 is 5.46. The smallest absolute Gasteiger partial charge is 0.173 e. The number of ketones is 1. The monoisotopic (exact) mass is 491 g/mol. The van der Waals surface area contributed by atoms with Crippen LogP contribution in [-0.2, 0) is 28.0 Å². The van der Waals surface area contributed by atoms with Gasteiger partial charge in [0.1, 0.15) is 5.71 Å². The molecule has 1 aromatic carbocycles. The molecule has 0 amide bonds. The van der Waals surface area contributed by atoms with Crippen molar-refractivity contribution < 1.29 is 14.4 Å². The SMILES string of the molecule is CC1(c2cc(Cl)cc(Cl)c2)CC(c2sc(C(=O)CC3CCOCC3)c3c2CCCC3)=NO1. The first-order valence-electron chi connectivity index (χ1n) is 11.4. The van der Waals surface area contributed by atoms with Gasteiger partial charge < -0.3 is 9.57 Å². The first-order chi connectivity index (χ1) is 15.4. The predicted octanol–water partition coefficient (Wildman–Crippen LogP) is 6.97. The molecule has 1 saturated heterocycles. The normalized spacial score (nSPS) is 23.5. The third-order valence-electron chi connectivity index (χ3n) is 6.89. The zero-order valence-electron chi connectivity index (χ0n) is 18.2. The summed E-state index contributed by atoms with van der Waals surface area (Å²) in [6.07, 6.45) is 7.49. The van der Waals surface area contributed by atoms with Crippen molar-refractivity contribution in [3.8, 4) is 0 Å². The molecular weight excluding hydrogens is 465 g/mol. The van der Waals surface area contributed by atoms with Gasteiger partial charge in [0.05, 0.1) is 9.75 Å². The number of thiophene rings is 1. The first kappa shape index (κ1) is 22.4. The number of carbonyl (C=O) groups excluding carboxylic acids is 1. The van der Waals surface area contributed by atoms with Crippen molar-refractivity contribution in [2.45, 2.75) is 63.9 Å². The molecule has 0 bridgehead atoms. The van der Waals surface area contributed by atoms with E-state index in [1.54, 1.807) is 17.4 Å². The minimum atomic E-state index is -0.623. The molecule has 1 fully saturated rings. The quantitative estimate of drug-likeness (QED) is 0.424. The Morgan fingerprint density at radius 3 is 2.53 bits per heavy atom. The molecule has 2 aliphatic heterocycles. The summed E-state index contributed by atoms with van der Waals surface area (Å²) >= 11 is 14.1. The highest BCUT2D eigenvalue weighted by Crippen LogP contribution is 2.43. The average molecular weight is 492 g/mol. The molecule has 1 atom stereocenters. The molecule has 0 radical (unpaired) electrons. The van der Waals surface area contributed by atoms with Gasteiger partial charge >= 0.3 is 0 Å². The van der Waals surface area contributed by atoms with Crippen molar-refractivity contribution in [2.24, 2.45) is 11.1 Å². The van der Waals surface area contributed by atoms with Crippen LogP contribution in [0.2, 0.25) is 10.0 Å². The standard InChI is InChI=1S/C25H27Cl2NO3S/c1-25(16-11-17(26)13-18(27)12-16)14-21(28-31-25)23-19-4-2-3-5-20(19)24(32-23)22(29)10-15-6-8-30-9-7-15/h11-13,15H,2-10,14H2,1H3. The van der Waals surface area contributed by atoms with Gasteiger partial charge in [-0.2, -0.15) is 0 Å². The van der Waals surface area contributed by atoms with Crippen LogP contribution < -0.4 is 0 Å². The van der Waals surface area contributed by atoms with E-state index < -0.39 is 5.60 Å². The fraction of sp³-hybridized carbons (Fsp3) is 0.520. The summed E-state index contributed by atoms with van der Waals surface area (Å²) in [6.45, 7) is 3.56. The number of fused-ring (bicyclic) bond motifs is 1. The summed E-state index contributed by atoms with van der Waals surface area (Å²) in [6, 6.07) is 5.50. The lowest BCUT2D eigenvalue weighted by molar-refractivity contribution is -0.00737. The maximum Gasteiger partial charge on any atom is 0.173 e. The van der Waals surface area contributed by atoms with Crippen LogP contribution in [-0.4, -0.2) is 24.7 Å². The van der Waals surface area contributed by atoms with Crippen LogP contribution in [0.5, 0.6) is 0 Å². The van der Waals surface area contributed by atoms with Crippen molar-refractivity contribution in [3.05, 3.63) is 54.7 Å². The van der Waals surface area contributed by atoms with Gasteiger partial charge in [-0.15, -0.1) is 11.3 Å². The van der Waals surface area contributed by atoms with Crippen LogP contribution in [0.1, 0.15) is 76.7 Å². The Labute approximate surface area is 202 Å². The van der Waals surface area contributed by atoms with Gasteiger partial charge in [-0.3, -0.25) is 4.79 Å². The Balaban J connectivity index is 1.42. The Hall–Kier alpha value is -1.40. The van der Waals surface area contributed by atoms with E-state index in [0.717, 1.165) is 72.8 Å². The fourth-order valence-corrected chi connectivity index (χ4v) is 6.92. The maximum atomic E-state index is 13.3. The molecule has 1 aliphatic carbocycles. The van der Waals surface area contributed by atoms with E-state index in [9.17, 15) is 4.79 Å². The van der Waals surface area contributed by atoms with Gasteiger partial charge in [0, 0.05) is 41.7 Å². The Kier molecular flexibility index (Phi) is 6.36. The maximum absolute atomic E-state index is 13.3. The van der Waals surface area contributed by atoms with Crippen molar-refractivity contribution in [1.29, 1.82) is 0 Å². The highest BCUT2D eigenvalue weighted by atomic mass is 35.5. The molecule has 0 N–H and O–H groups in total. The molecule has 3 heterocycles. The second-order valence-corrected chi connectivity index (χ2v) is 11.2. The van der Waals surface area contributed by atoms with Gasteiger partial charge in [0.2, 0.25) is 0 Å². The van der Waals surface area contributed by atoms with Crippen LogP contribution in [0.3, 0.4) is 0 Å². The number of oxime groups is 1. The largest absolute Gasteiger partial charge is 0.384 e. The van der Waals surface area contributed by atoms with E-state index >= 15 is 0 Å². The number of Topliss-reactive ketones (excluding diaryl/α,β-unsaturated/α-hetero) is 1. The Morgan fingerprint density at radius 1 is 1.12 bits per heavy atom. The number of halogens is 2. The zero-order valence-corrected chi connectivity index (χ0v) is 20.5. The predicted molar refractivity (Wildman–Crippen MR) is 130 cm³/mol. The van der Waals surface area contributed by atoms with E-state index in [1.165, 1.54) is 11.1 Å². The summed E-state index contributed by atoms with van der Waals surface area (Å²) in [4.78, 5) is 21.3. The first-order valence-corrected chi connectivity index (χ1v) is 13.0. The topological polar surface area (TPSA) is 47.9 Å². The second kappa shape index (κ2) is 9.09. The summed E-state index contributed by atoms with van der Waals surface area (Å²) in [5, 5.41) is 5.67. The molecule has 0 saturated carbocycles. The van der Waals surface area contributed by atoms with Crippen LogP contribution in [0, 0.1) is 5.92 Å². The van der Waals surface area contributed by atoms with Crippen molar-refractivity contribution >= 4 is 46.0 Å². The number of ether oxygens (including phenoxy) is 1. The van der Waals surface area contributed by atoms with E-state index in [-0.39, 0.29) is 5.78 Å². The third-order valence-corrected chi connectivity index (χ3v) is 8.69. The molecule has 5 rings (SSSR count). The highest BCUT2D eigenvalue weighted by molar-refractivity contribution is 7.16. The summed E-state index contributed by atoms with van der Waals surface area (Å²) in [7, 11) is 0. The minimum absolute atomic E-state index is 0.287. The lowest BCUT2D eigenvalue weighted by Crippen LogP contribution is -2.22. The second-order valence-electron chi connectivity index (χ2n) is 9.30. The van der Waals surface area contributed by atoms with E-state index in [0.29, 0.717) is 28.8 Å². The molecule has 32 heavy (non-hydrogen) atoms. The zero-order chi connectivity index (χ0) is 22.3. The lowest BCUT2D eigenvalue weighted by Gasteiger charge is -2.22. The molecule has 1 unspecified atom stereocenters. The van der Waals surface area contributed by atoms with Crippen molar-refractivity contribution in [3.63, 3.8) is 0 Å². The lowest BCUT2D eigenvalue weighted by atomic mass is 9.86. The molecule has 1 aromatic heterocycles. The number of rotatable bonds is 5. The molecule has 170 valence electrons. The molecule has 7 heteroatoms. The third kappa shape index (κ3) is 4.37. The van der Waals surface area contributed by atoms with E-state index in [1.807, 2.05) is 19.1 Å². The van der Waals surface area contributed by atoms with Crippen molar-refractivity contribution in [2.75, 3.05) is 13.2 Å². The van der Waals surface area contributed by atoms with Gasteiger partial charge in [0.25, 0.3) is 0 Å². The highest BCUT2D eigenvalue weighted by Gasteiger charge is 2.39. The van der Waals surface area contributed by atoms with Crippen molar-refractivity contribution in [1.82, 2.24) is 0 Å². The van der Waals surface area contributed by atoms with E-state index in [2.05, 4.69) is 5.16 Å². The van der Waals surface area contributed by atoms with Gasteiger partial charge in [-0.25, -0.2) is 0 Å². The Morgan fingerprint density at radius 2 is 1.81 bits per heavy atom. The van der Waals surface area contributed by atoms with Crippen LogP contribution >= 0.6 is 34.5 Å². The van der Waals surface area contributed by atoms with Gasteiger partial charge in [-0.05, 0) is 80.7 Å². The minimum Gasteiger partial charge on any atom is -0.384 e. The molecular formula is C25H27Cl2NO3S. The van der Waals surface area contributed by atoms with Crippen LogP contribution in [0.25, 0.3) is 0 Å².